The lowest BCUT2D eigenvalue weighted by Gasteiger charge is -2.35. The number of nitrogens with zero attached hydrogens (tertiary/aromatic N) is 1. The fourth-order valence-electron chi connectivity index (χ4n) is 4.80. The number of ketones is 1. The predicted molar refractivity (Wildman–Crippen MR) is 145 cm³/mol. The van der Waals surface area contributed by atoms with Crippen LogP contribution in [-0.2, 0) is 14.3 Å². The van der Waals surface area contributed by atoms with Gasteiger partial charge in [-0.05, 0) is 64.6 Å². The minimum Gasteiger partial charge on any atom is -0.456 e. The second-order valence-corrected chi connectivity index (χ2v) is 11.9. The van der Waals surface area contributed by atoms with Gasteiger partial charge in [-0.2, -0.15) is 0 Å². The van der Waals surface area contributed by atoms with Crippen molar-refractivity contribution in [3.8, 4) is 0 Å². The topological polar surface area (TPSA) is 109 Å². The van der Waals surface area contributed by atoms with Crippen molar-refractivity contribution in [3.05, 3.63) is 33.3 Å². The standard InChI is InChI=1S/C28H44N2O5S/c1-16-10-9-11-17(2)25(33)19(4)27(34)28(6,7)23(31)14-24(32)35-26(22(12-16)29-8)18(3)13-21-15-36-20(5)30-21/h12-13,15,17,19,22-23,25-26,29,31,33H,9-11,14H2,1-8H3/b16-12-,18-13+/t17-,19+,22?,23-,25-,26+/m0/s1. The number of thiazole rings is 1. The molecule has 7 nitrogen and oxygen atoms in total. The zero-order valence-corrected chi connectivity index (χ0v) is 23.8. The summed E-state index contributed by atoms with van der Waals surface area (Å²) in [5, 5.41) is 27.9. The average Bonchev–Trinajstić information content (AvgIpc) is 3.22. The summed E-state index contributed by atoms with van der Waals surface area (Å²) in [6.07, 6.45) is 3.48. The molecule has 3 N–H and O–H groups in total. The van der Waals surface area contributed by atoms with E-state index in [9.17, 15) is 19.8 Å². The zero-order chi connectivity index (χ0) is 27.2. The Kier molecular flexibility index (Phi) is 11.0. The number of likely N-dealkylation sites (N-methyl/N-ethyl adjacent to an activating group) is 1. The second-order valence-electron chi connectivity index (χ2n) is 10.9. The van der Waals surface area contributed by atoms with Gasteiger partial charge in [-0.1, -0.05) is 39.3 Å². The number of rotatable bonds is 3. The Bertz CT molecular complexity index is 967. The molecule has 0 radical (unpaired) electrons. The van der Waals surface area contributed by atoms with E-state index in [2.05, 4.69) is 23.3 Å². The lowest BCUT2D eigenvalue weighted by molar-refractivity contribution is -0.154. The number of cyclic esters (lactones) is 1. The summed E-state index contributed by atoms with van der Waals surface area (Å²) >= 11 is 1.55. The van der Waals surface area contributed by atoms with E-state index in [-0.39, 0.29) is 24.2 Å². The molecular formula is C28H44N2O5S. The summed E-state index contributed by atoms with van der Waals surface area (Å²) < 4.78 is 5.95. The van der Waals surface area contributed by atoms with Crippen LogP contribution < -0.4 is 5.32 Å². The van der Waals surface area contributed by atoms with Crippen molar-refractivity contribution in [1.29, 1.82) is 0 Å². The van der Waals surface area contributed by atoms with Gasteiger partial charge in [0.05, 0.1) is 40.8 Å². The number of nitrogens with one attached hydrogen (secondary N) is 1. The molecule has 2 heterocycles. The molecule has 6 atom stereocenters. The minimum atomic E-state index is -1.24. The highest BCUT2D eigenvalue weighted by atomic mass is 32.1. The van der Waals surface area contributed by atoms with Crippen LogP contribution in [0.2, 0.25) is 0 Å². The lowest BCUT2D eigenvalue weighted by atomic mass is 9.73. The molecule has 0 saturated carbocycles. The summed E-state index contributed by atoms with van der Waals surface area (Å²) in [5.41, 5.74) is 1.57. The number of hydrogen-bond acceptors (Lipinski definition) is 8. The van der Waals surface area contributed by atoms with E-state index in [1.165, 1.54) is 0 Å². The van der Waals surface area contributed by atoms with Crippen molar-refractivity contribution >= 4 is 29.2 Å². The third-order valence-electron chi connectivity index (χ3n) is 7.41. The third-order valence-corrected chi connectivity index (χ3v) is 8.20. The van der Waals surface area contributed by atoms with Crippen molar-refractivity contribution in [3.63, 3.8) is 0 Å². The maximum absolute atomic E-state index is 13.3. The molecule has 0 saturated heterocycles. The number of hydrogen-bond donors (Lipinski definition) is 3. The number of carbonyl (C=O) groups excluding carboxylic acids is 2. The first kappa shape index (κ1) is 30.4. The van der Waals surface area contributed by atoms with Gasteiger partial charge in [0.25, 0.3) is 0 Å². The van der Waals surface area contributed by atoms with Crippen LogP contribution in [0.15, 0.2) is 22.6 Å². The number of esters is 1. The SMILES string of the molecule is CNC1/C=C(/C)CCC[C@H](C)[C@H](O)[C@@H](C)C(=O)C(C)(C)[C@@H](O)CC(=O)O[C@@H]1/C(C)=C/c1csc(C)n1. The summed E-state index contributed by atoms with van der Waals surface area (Å²) in [6, 6.07) is -0.285. The van der Waals surface area contributed by atoms with E-state index in [1.54, 1.807) is 32.1 Å². The third kappa shape index (κ3) is 7.81. The number of carbonyl (C=O) groups is 2. The lowest BCUT2D eigenvalue weighted by Crippen LogP contribution is -2.46. The number of aryl methyl sites for hydroxylation is 1. The number of allylic oxidation sites excluding steroid dienone is 1. The van der Waals surface area contributed by atoms with Crippen molar-refractivity contribution < 1.29 is 24.5 Å². The van der Waals surface area contributed by atoms with Gasteiger partial charge in [0.2, 0.25) is 0 Å². The molecule has 2 rings (SSSR count). The Labute approximate surface area is 220 Å². The van der Waals surface area contributed by atoms with Crippen LogP contribution in [0.4, 0.5) is 0 Å². The maximum Gasteiger partial charge on any atom is 0.309 e. The molecule has 0 aliphatic carbocycles. The molecule has 0 fully saturated rings. The van der Waals surface area contributed by atoms with E-state index in [4.69, 9.17) is 4.74 Å². The largest absolute Gasteiger partial charge is 0.456 e. The number of Topliss-reactive ketones (excluding diaryl/α,β-unsaturated/α-hetero) is 1. The molecule has 202 valence electrons. The molecule has 1 aliphatic rings. The highest BCUT2D eigenvalue weighted by Crippen LogP contribution is 2.32. The molecule has 0 bridgehead atoms. The van der Waals surface area contributed by atoms with E-state index in [0.29, 0.717) is 0 Å². The first-order chi connectivity index (χ1) is 16.8. The molecule has 8 heteroatoms. The summed E-state index contributed by atoms with van der Waals surface area (Å²) in [4.78, 5) is 30.8. The van der Waals surface area contributed by atoms with Crippen molar-refractivity contribution in [2.75, 3.05) is 7.05 Å². The molecule has 0 aromatic carbocycles. The highest BCUT2D eigenvalue weighted by Gasteiger charge is 2.42. The van der Waals surface area contributed by atoms with E-state index in [0.717, 1.165) is 41.1 Å². The smallest absolute Gasteiger partial charge is 0.309 e. The van der Waals surface area contributed by atoms with Gasteiger partial charge in [-0.25, -0.2) is 4.98 Å². The Morgan fingerprint density at radius 1 is 1.25 bits per heavy atom. The Morgan fingerprint density at radius 3 is 2.50 bits per heavy atom. The van der Waals surface area contributed by atoms with Crippen molar-refractivity contribution in [1.82, 2.24) is 10.3 Å². The van der Waals surface area contributed by atoms with Crippen LogP contribution in [0, 0.1) is 24.2 Å². The van der Waals surface area contributed by atoms with Gasteiger partial charge < -0.3 is 20.3 Å². The molecule has 1 aromatic rings. The van der Waals surface area contributed by atoms with Crippen LogP contribution in [0.25, 0.3) is 6.08 Å². The fraction of sp³-hybridized carbons (Fsp3) is 0.679. The molecule has 1 unspecified atom stereocenters. The van der Waals surface area contributed by atoms with Crippen LogP contribution >= 0.6 is 11.3 Å². The first-order valence-electron chi connectivity index (χ1n) is 12.8. The number of aliphatic hydroxyl groups excluding tert-OH is 2. The summed E-state index contributed by atoms with van der Waals surface area (Å²) in [5.74, 6) is -1.57. The van der Waals surface area contributed by atoms with Gasteiger partial charge in [0, 0.05) is 11.3 Å². The quantitative estimate of drug-likeness (QED) is 0.399. The van der Waals surface area contributed by atoms with E-state index in [1.807, 2.05) is 39.3 Å². The predicted octanol–water partition coefficient (Wildman–Crippen LogP) is 4.46. The number of aliphatic hydroxyl groups is 2. The fourth-order valence-corrected chi connectivity index (χ4v) is 5.37. The molecule has 1 aliphatic heterocycles. The zero-order valence-electron chi connectivity index (χ0n) is 23.0. The maximum atomic E-state index is 13.3. The molecule has 0 amide bonds. The highest BCUT2D eigenvalue weighted by molar-refractivity contribution is 7.09. The van der Waals surface area contributed by atoms with Gasteiger partial charge in [-0.15, -0.1) is 11.3 Å². The molecular weight excluding hydrogens is 476 g/mol. The number of ether oxygens (including phenoxy) is 1. The van der Waals surface area contributed by atoms with E-state index < -0.39 is 35.6 Å². The Morgan fingerprint density at radius 2 is 1.92 bits per heavy atom. The normalized spacial score (nSPS) is 33.1. The van der Waals surface area contributed by atoms with Crippen LogP contribution in [0.3, 0.4) is 0 Å². The van der Waals surface area contributed by atoms with Gasteiger partial charge >= 0.3 is 5.97 Å². The monoisotopic (exact) mass is 520 g/mol. The average molecular weight is 521 g/mol. The van der Waals surface area contributed by atoms with Crippen molar-refractivity contribution in [2.24, 2.45) is 17.3 Å². The minimum absolute atomic E-state index is 0.0674. The molecule has 0 spiro atoms. The number of aromatic nitrogens is 1. The van der Waals surface area contributed by atoms with Crippen LogP contribution in [0.5, 0.6) is 0 Å². The van der Waals surface area contributed by atoms with Gasteiger partial charge in [0.15, 0.2) is 0 Å². The Balaban J connectivity index is 2.45. The van der Waals surface area contributed by atoms with Gasteiger partial charge in [0.1, 0.15) is 11.9 Å². The van der Waals surface area contributed by atoms with E-state index >= 15 is 0 Å². The summed E-state index contributed by atoms with van der Waals surface area (Å²) in [6.45, 7) is 12.8. The summed E-state index contributed by atoms with van der Waals surface area (Å²) in [7, 11) is 1.82. The molecule has 1 aromatic heterocycles. The van der Waals surface area contributed by atoms with Crippen molar-refractivity contribution in [2.45, 2.75) is 98.5 Å². The van der Waals surface area contributed by atoms with Crippen LogP contribution in [-0.4, -0.2) is 58.4 Å². The second kappa shape index (κ2) is 13.1. The first-order valence-corrected chi connectivity index (χ1v) is 13.7. The Hall–Kier alpha value is -1.87. The van der Waals surface area contributed by atoms with Crippen LogP contribution in [0.1, 0.15) is 77.9 Å². The van der Waals surface area contributed by atoms with Gasteiger partial charge in [-0.3, -0.25) is 9.59 Å². The molecule has 36 heavy (non-hydrogen) atoms.